The Morgan fingerprint density at radius 1 is 1.41 bits per heavy atom. The molecule has 4 nitrogen and oxygen atoms in total. The maximum atomic E-state index is 11.8. The highest BCUT2D eigenvalue weighted by Crippen LogP contribution is 2.23. The van der Waals surface area contributed by atoms with E-state index in [4.69, 9.17) is 0 Å². The number of thioether (sulfide) groups is 1. The van der Waals surface area contributed by atoms with E-state index >= 15 is 0 Å². The first-order valence-corrected chi connectivity index (χ1v) is 7.99. The number of rotatable bonds is 4. The van der Waals surface area contributed by atoms with E-state index in [1.54, 1.807) is 0 Å². The Hall–Kier alpha value is -0.620. The van der Waals surface area contributed by atoms with Gasteiger partial charge in [0.1, 0.15) is 0 Å². The maximum absolute atomic E-state index is 11.8. The van der Waals surface area contributed by atoms with Crippen LogP contribution in [0.3, 0.4) is 0 Å². The number of hydrogen-bond donors (Lipinski definition) is 1. The summed E-state index contributed by atoms with van der Waals surface area (Å²) < 4.78 is 0.841. The molecule has 0 radical (unpaired) electrons. The van der Waals surface area contributed by atoms with Crippen LogP contribution in [-0.4, -0.2) is 28.9 Å². The van der Waals surface area contributed by atoms with Crippen LogP contribution in [-0.2, 0) is 0 Å². The minimum atomic E-state index is -0.0756. The molecule has 1 fully saturated rings. The molecule has 1 aliphatic rings. The van der Waals surface area contributed by atoms with Crippen molar-refractivity contribution in [1.29, 1.82) is 0 Å². The zero-order valence-electron chi connectivity index (χ0n) is 9.94. The van der Waals surface area contributed by atoms with Gasteiger partial charge in [-0.15, -0.1) is 10.2 Å². The first-order chi connectivity index (χ1) is 8.29. The fourth-order valence-electron chi connectivity index (χ4n) is 2.09. The third kappa shape index (κ3) is 3.67. The van der Waals surface area contributed by atoms with Crippen molar-refractivity contribution in [1.82, 2.24) is 15.5 Å². The summed E-state index contributed by atoms with van der Waals surface area (Å²) in [4.78, 5) is 11.8. The van der Waals surface area contributed by atoms with Crippen molar-refractivity contribution in [2.24, 2.45) is 5.92 Å². The standard InChI is InChI=1S/C11H17N3OS2/c1-16-11-14-13-10(17-11)9(15)12-7-8-5-3-2-4-6-8/h8H,2-7H2,1H3,(H,12,15). The molecule has 0 saturated heterocycles. The average molecular weight is 271 g/mol. The van der Waals surface area contributed by atoms with Gasteiger partial charge in [0, 0.05) is 6.54 Å². The summed E-state index contributed by atoms with van der Waals surface area (Å²) in [6.07, 6.45) is 8.37. The first-order valence-electron chi connectivity index (χ1n) is 5.95. The number of carbonyl (C=O) groups is 1. The fraction of sp³-hybridized carbons (Fsp3) is 0.727. The largest absolute Gasteiger partial charge is 0.350 e. The molecule has 0 bridgehead atoms. The second-order valence-electron chi connectivity index (χ2n) is 4.29. The number of nitrogens with one attached hydrogen (secondary N) is 1. The minimum absolute atomic E-state index is 0.0756. The highest BCUT2D eigenvalue weighted by molar-refractivity contribution is 8.00. The van der Waals surface area contributed by atoms with Gasteiger partial charge in [0.15, 0.2) is 4.34 Å². The predicted molar refractivity (Wildman–Crippen MR) is 70.6 cm³/mol. The Kier molecular flexibility index (Phi) is 4.79. The van der Waals surface area contributed by atoms with Crippen molar-refractivity contribution in [3.63, 3.8) is 0 Å². The molecule has 1 aromatic heterocycles. The van der Waals surface area contributed by atoms with Crippen molar-refractivity contribution < 1.29 is 4.79 Å². The van der Waals surface area contributed by atoms with Crippen LogP contribution in [0.1, 0.15) is 41.9 Å². The lowest BCUT2D eigenvalue weighted by Gasteiger charge is -2.21. The Balaban J connectivity index is 1.80. The molecule has 1 aromatic rings. The van der Waals surface area contributed by atoms with Crippen LogP contribution in [0.5, 0.6) is 0 Å². The lowest BCUT2D eigenvalue weighted by atomic mass is 9.89. The van der Waals surface area contributed by atoms with Crippen LogP contribution >= 0.6 is 23.1 Å². The van der Waals surface area contributed by atoms with Gasteiger partial charge >= 0.3 is 0 Å². The fourth-order valence-corrected chi connectivity index (χ4v) is 3.27. The number of nitrogens with zero attached hydrogens (tertiary/aromatic N) is 2. The molecular weight excluding hydrogens is 254 g/mol. The summed E-state index contributed by atoms with van der Waals surface area (Å²) in [5, 5.41) is 11.3. The molecule has 1 N–H and O–H groups in total. The number of hydrogen-bond acceptors (Lipinski definition) is 5. The zero-order chi connectivity index (χ0) is 12.1. The lowest BCUT2D eigenvalue weighted by molar-refractivity contribution is 0.0942. The third-order valence-electron chi connectivity index (χ3n) is 3.05. The van der Waals surface area contributed by atoms with Crippen molar-refractivity contribution in [3.05, 3.63) is 5.01 Å². The third-order valence-corrected chi connectivity index (χ3v) is 4.95. The van der Waals surface area contributed by atoms with E-state index in [-0.39, 0.29) is 5.91 Å². The van der Waals surface area contributed by atoms with E-state index < -0.39 is 0 Å². The number of amides is 1. The van der Waals surface area contributed by atoms with Crippen molar-refractivity contribution in [3.8, 4) is 0 Å². The van der Waals surface area contributed by atoms with Gasteiger partial charge in [0.25, 0.3) is 5.91 Å². The molecule has 0 aromatic carbocycles. The summed E-state index contributed by atoms with van der Waals surface area (Å²) in [6, 6.07) is 0. The Morgan fingerprint density at radius 2 is 2.18 bits per heavy atom. The second kappa shape index (κ2) is 6.35. The van der Waals surface area contributed by atoms with Crippen molar-refractivity contribution >= 4 is 29.0 Å². The summed E-state index contributed by atoms with van der Waals surface area (Å²) in [5.74, 6) is 0.578. The topological polar surface area (TPSA) is 54.9 Å². The molecule has 0 spiro atoms. The second-order valence-corrected chi connectivity index (χ2v) is 6.32. The van der Waals surface area contributed by atoms with Gasteiger partial charge in [-0.05, 0) is 25.0 Å². The van der Waals surface area contributed by atoms with Crippen LogP contribution < -0.4 is 5.32 Å². The smallest absolute Gasteiger partial charge is 0.282 e. The van der Waals surface area contributed by atoms with Gasteiger partial charge in [0.05, 0.1) is 0 Å². The average Bonchev–Trinajstić information content (AvgIpc) is 2.86. The van der Waals surface area contributed by atoms with E-state index in [0.717, 1.165) is 10.9 Å². The van der Waals surface area contributed by atoms with Gasteiger partial charge < -0.3 is 5.32 Å². The maximum Gasteiger partial charge on any atom is 0.282 e. The first kappa shape index (κ1) is 12.8. The Labute approximate surface area is 110 Å². The van der Waals surface area contributed by atoms with E-state index in [0.29, 0.717) is 10.9 Å². The Bertz CT molecular complexity index is 375. The number of carbonyl (C=O) groups excluding carboxylic acids is 1. The van der Waals surface area contributed by atoms with Crippen molar-refractivity contribution in [2.45, 2.75) is 36.4 Å². The van der Waals surface area contributed by atoms with Crippen LogP contribution in [0.4, 0.5) is 0 Å². The quantitative estimate of drug-likeness (QED) is 0.855. The predicted octanol–water partition coefficient (Wildman–Crippen LogP) is 2.57. The molecule has 0 atom stereocenters. The van der Waals surface area contributed by atoms with E-state index in [1.807, 2.05) is 6.26 Å². The zero-order valence-corrected chi connectivity index (χ0v) is 11.6. The molecule has 1 aliphatic carbocycles. The molecule has 1 heterocycles. The SMILES string of the molecule is CSc1nnc(C(=O)NCC2CCCCC2)s1. The van der Waals surface area contributed by atoms with E-state index in [9.17, 15) is 4.79 Å². The van der Waals surface area contributed by atoms with Crippen molar-refractivity contribution in [2.75, 3.05) is 12.8 Å². The highest BCUT2D eigenvalue weighted by Gasteiger charge is 2.16. The Morgan fingerprint density at radius 3 is 2.82 bits per heavy atom. The molecule has 2 rings (SSSR count). The molecule has 17 heavy (non-hydrogen) atoms. The lowest BCUT2D eigenvalue weighted by Crippen LogP contribution is -2.30. The van der Waals surface area contributed by atoms with E-state index in [1.165, 1.54) is 55.2 Å². The normalized spacial score (nSPS) is 17.0. The molecule has 0 aliphatic heterocycles. The summed E-state index contributed by atoms with van der Waals surface area (Å²) in [6.45, 7) is 0.785. The molecule has 94 valence electrons. The highest BCUT2D eigenvalue weighted by atomic mass is 32.2. The summed E-state index contributed by atoms with van der Waals surface area (Å²) >= 11 is 2.87. The van der Waals surface area contributed by atoms with Crippen LogP contribution in [0.25, 0.3) is 0 Å². The molecular formula is C11H17N3OS2. The summed E-state index contributed by atoms with van der Waals surface area (Å²) in [7, 11) is 0. The van der Waals surface area contributed by atoms with Gasteiger partial charge in [-0.25, -0.2) is 0 Å². The van der Waals surface area contributed by atoms with E-state index in [2.05, 4.69) is 15.5 Å². The molecule has 0 unspecified atom stereocenters. The van der Waals surface area contributed by atoms with Gasteiger partial charge in [0.2, 0.25) is 5.01 Å². The number of aromatic nitrogens is 2. The van der Waals surface area contributed by atoms with Gasteiger partial charge in [-0.1, -0.05) is 42.4 Å². The molecule has 1 amide bonds. The van der Waals surface area contributed by atoms with Crippen LogP contribution in [0.15, 0.2) is 4.34 Å². The van der Waals surface area contributed by atoms with Crippen LogP contribution in [0, 0.1) is 5.92 Å². The monoisotopic (exact) mass is 271 g/mol. The molecule has 1 saturated carbocycles. The molecule has 6 heteroatoms. The van der Waals surface area contributed by atoms with Gasteiger partial charge in [-0.3, -0.25) is 4.79 Å². The van der Waals surface area contributed by atoms with Gasteiger partial charge in [-0.2, -0.15) is 0 Å². The minimum Gasteiger partial charge on any atom is -0.350 e. The van der Waals surface area contributed by atoms with Crippen LogP contribution in [0.2, 0.25) is 0 Å². The summed E-state index contributed by atoms with van der Waals surface area (Å²) in [5.41, 5.74) is 0.